The van der Waals surface area contributed by atoms with Crippen LogP contribution in [0.2, 0.25) is 5.02 Å². The van der Waals surface area contributed by atoms with Gasteiger partial charge in [-0.15, -0.1) is 0 Å². The van der Waals surface area contributed by atoms with Crippen LogP contribution < -0.4 is 20.1 Å². The van der Waals surface area contributed by atoms with E-state index in [9.17, 15) is 4.79 Å². The summed E-state index contributed by atoms with van der Waals surface area (Å²) in [6.45, 7) is 6.67. The van der Waals surface area contributed by atoms with E-state index in [0.717, 1.165) is 21.9 Å². The number of furan rings is 1. The number of anilines is 2. The highest BCUT2D eigenvalue weighted by Gasteiger charge is 2.20. The molecule has 4 rings (SSSR count). The monoisotopic (exact) mass is 464 g/mol. The van der Waals surface area contributed by atoms with Crippen molar-refractivity contribution >= 4 is 40.0 Å². The quantitative estimate of drug-likeness (QED) is 0.297. The van der Waals surface area contributed by atoms with Gasteiger partial charge >= 0.3 is 6.03 Å². The van der Waals surface area contributed by atoms with Gasteiger partial charge in [0.15, 0.2) is 0 Å². The molecule has 2 N–H and O–H groups in total. The van der Waals surface area contributed by atoms with Crippen LogP contribution in [0.1, 0.15) is 19.4 Å². The van der Waals surface area contributed by atoms with E-state index >= 15 is 0 Å². The maximum Gasteiger partial charge on any atom is 0.326 e. The molecule has 0 aliphatic heterocycles. The van der Waals surface area contributed by atoms with Crippen molar-refractivity contribution in [3.63, 3.8) is 0 Å². The lowest BCUT2D eigenvalue weighted by atomic mass is 10.0. The van der Waals surface area contributed by atoms with Gasteiger partial charge < -0.3 is 19.2 Å². The number of rotatable bonds is 7. The van der Waals surface area contributed by atoms with E-state index in [1.165, 1.54) is 0 Å². The zero-order chi connectivity index (χ0) is 23.4. The number of carbonyl (C=O) groups is 1. The summed E-state index contributed by atoms with van der Waals surface area (Å²) in [5, 5.41) is 7.82. The van der Waals surface area contributed by atoms with Crippen molar-refractivity contribution in [3.8, 4) is 22.8 Å². The Bertz CT molecular complexity index is 1270. The van der Waals surface area contributed by atoms with Crippen LogP contribution >= 0.6 is 11.6 Å². The molecule has 0 fully saturated rings. The van der Waals surface area contributed by atoms with Gasteiger partial charge in [-0.25, -0.2) is 4.79 Å². The fourth-order valence-corrected chi connectivity index (χ4v) is 3.84. The number of hydrogen-bond donors (Lipinski definition) is 2. The summed E-state index contributed by atoms with van der Waals surface area (Å²) in [5.74, 6) is 2.01. The first kappa shape index (κ1) is 22.6. The summed E-state index contributed by atoms with van der Waals surface area (Å²) in [6, 6.07) is 18.2. The van der Waals surface area contributed by atoms with Gasteiger partial charge in [-0.1, -0.05) is 41.9 Å². The van der Waals surface area contributed by atoms with Crippen LogP contribution in [0.25, 0.3) is 22.1 Å². The van der Waals surface area contributed by atoms with Gasteiger partial charge in [-0.05, 0) is 56.7 Å². The van der Waals surface area contributed by atoms with Crippen molar-refractivity contribution in [2.24, 2.45) is 0 Å². The number of urea groups is 1. The second-order valence-electron chi connectivity index (χ2n) is 7.34. The van der Waals surface area contributed by atoms with Gasteiger partial charge in [-0.2, -0.15) is 0 Å². The van der Waals surface area contributed by atoms with Crippen LogP contribution in [0.3, 0.4) is 0 Å². The Balaban J connectivity index is 1.70. The Morgan fingerprint density at radius 1 is 0.909 bits per heavy atom. The highest BCUT2D eigenvalue weighted by Crippen LogP contribution is 2.40. The predicted molar refractivity (Wildman–Crippen MR) is 133 cm³/mol. The molecule has 0 bridgehead atoms. The molecule has 7 heteroatoms. The maximum atomic E-state index is 13.0. The maximum absolute atomic E-state index is 13.0. The van der Waals surface area contributed by atoms with Crippen LogP contribution in [0.5, 0.6) is 11.5 Å². The molecule has 0 aliphatic rings. The molecule has 0 saturated carbocycles. The summed E-state index contributed by atoms with van der Waals surface area (Å²) in [7, 11) is 0. The minimum atomic E-state index is -0.481. The SMILES string of the molecule is CCOc1cccc(OCC)c1NC(=O)Nc1oc(-c2ccccc2C)c2cc(Cl)ccc12. The average molecular weight is 465 g/mol. The molecule has 4 aromatic rings. The zero-order valence-corrected chi connectivity index (χ0v) is 19.5. The molecule has 170 valence electrons. The first-order valence-corrected chi connectivity index (χ1v) is 11.1. The highest BCUT2D eigenvalue weighted by atomic mass is 35.5. The molecule has 0 saturated heterocycles. The molecule has 33 heavy (non-hydrogen) atoms. The lowest BCUT2D eigenvalue weighted by Gasteiger charge is -2.16. The third kappa shape index (κ3) is 4.76. The Hall–Kier alpha value is -3.64. The average Bonchev–Trinajstić information content (AvgIpc) is 3.13. The Morgan fingerprint density at radius 3 is 2.27 bits per heavy atom. The number of ether oxygens (including phenoxy) is 2. The smallest absolute Gasteiger partial charge is 0.326 e. The molecule has 6 nitrogen and oxygen atoms in total. The molecule has 0 radical (unpaired) electrons. The van der Waals surface area contributed by atoms with Crippen molar-refractivity contribution in [2.75, 3.05) is 23.8 Å². The standard InChI is InChI=1S/C26H25ClN2O4/c1-4-31-21-11-8-12-22(32-5-2)23(21)28-26(30)29-25-19-14-13-17(27)15-20(19)24(33-25)18-10-7-6-9-16(18)3/h6-15H,4-5H2,1-3H3,(H2,28,29,30). The molecule has 1 heterocycles. The number of carbonyl (C=O) groups excluding carboxylic acids is 1. The fraction of sp³-hybridized carbons (Fsp3) is 0.192. The number of amides is 2. The normalized spacial score (nSPS) is 10.8. The molecule has 0 unspecified atom stereocenters. The number of aryl methyl sites for hydroxylation is 1. The number of para-hydroxylation sites is 1. The number of halogens is 1. The minimum Gasteiger partial charge on any atom is -0.492 e. The molecule has 2 amide bonds. The summed E-state index contributed by atoms with van der Waals surface area (Å²) in [6.07, 6.45) is 0. The van der Waals surface area contributed by atoms with E-state index in [0.29, 0.717) is 47.1 Å². The second kappa shape index (κ2) is 9.88. The van der Waals surface area contributed by atoms with E-state index < -0.39 is 6.03 Å². The van der Waals surface area contributed by atoms with Crippen molar-refractivity contribution in [3.05, 3.63) is 71.2 Å². The van der Waals surface area contributed by atoms with Gasteiger partial charge in [0.25, 0.3) is 0 Å². The summed E-state index contributed by atoms with van der Waals surface area (Å²) in [4.78, 5) is 13.0. The van der Waals surface area contributed by atoms with Crippen molar-refractivity contribution < 1.29 is 18.7 Å². The van der Waals surface area contributed by atoms with Gasteiger partial charge in [0.05, 0.1) is 13.2 Å². The van der Waals surface area contributed by atoms with Gasteiger partial charge in [0.1, 0.15) is 22.9 Å². The third-order valence-corrected chi connectivity index (χ3v) is 5.35. The minimum absolute atomic E-state index is 0.323. The lowest BCUT2D eigenvalue weighted by Crippen LogP contribution is -2.20. The molecular formula is C26H25ClN2O4. The number of fused-ring (bicyclic) bond motifs is 1. The second-order valence-corrected chi connectivity index (χ2v) is 7.78. The van der Waals surface area contributed by atoms with Crippen molar-refractivity contribution in [1.29, 1.82) is 0 Å². The summed E-state index contributed by atoms with van der Waals surface area (Å²) >= 11 is 6.27. The van der Waals surface area contributed by atoms with Crippen LogP contribution in [0, 0.1) is 6.92 Å². The molecular weight excluding hydrogens is 440 g/mol. The topological polar surface area (TPSA) is 72.7 Å². The van der Waals surface area contributed by atoms with E-state index in [1.54, 1.807) is 18.2 Å². The van der Waals surface area contributed by atoms with Gasteiger partial charge in [-0.3, -0.25) is 5.32 Å². The molecule has 3 aromatic carbocycles. The van der Waals surface area contributed by atoms with Crippen LogP contribution in [0.4, 0.5) is 16.4 Å². The van der Waals surface area contributed by atoms with E-state index in [4.69, 9.17) is 25.5 Å². The fourth-order valence-electron chi connectivity index (χ4n) is 3.67. The Morgan fingerprint density at radius 2 is 1.61 bits per heavy atom. The Kier molecular flexibility index (Phi) is 6.75. The van der Waals surface area contributed by atoms with Crippen LogP contribution in [0.15, 0.2) is 65.1 Å². The van der Waals surface area contributed by atoms with Gasteiger partial charge in [0, 0.05) is 21.4 Å². The highest BCUT2D eigenvalue weighted by molar-refractivity contribution is 6.31. The molecule has 0 aliphatic carbocycles. The lowest BCUT2D eigenvalue weighted by molar-refractivity contribution is 0.261. The zero-order valence-electron chi connectivity index (χ0n) is 18.7. The largest absolute Gasteiger partial charge is 0.492 e. The predicted octanol–water partition coefficient (Wildman–Crippen LogP) is 7.50. The summed E-state index contributed by atoms with van der Waals surface area (Å²) in [5.41, 5.74) is 2.44. The number of hydrogen-bond acceptors (Lipinski definition) is 4. The van der Waals surface area contributed by atoms with Crippen LogP contribution in [-0.2, 0) is 0 Å². The van der Waals surface area contributed by atoms with Crippen LogP contribution in [-0.4, -0.2) is 19.2 Å². The third-order valence-electron chi connectivity index (χ3n) is 5.12. The van der Waals surface area contributed by atoms with Crippen molar-refractivity contribution in [2.45, 2.75) is 20.8 Å². The number of benzene rings is 3. The van der Waals surface area contributed by atoms with Gasteiger partial charge in [0.2, 0.25) is 5.88 Å². The van der Waals surface area contributed by atoms with E-state index in [-0.39, 0.29) is 0 Å². The first-order valence-electron chi connectivity index (χ1n) is 10.8. The summed E-state index contributed by atoms with van der Waals surface area (Å²) < 4.78 is 17.5. The molecule has 1 aromatic heterocycles. The first-order chi connectivity index (χ1) is 16.0. The number of nitrogens with one attached hydrogen (secondary N) is 2. The molecule has 0 atom stereocenters. The van der Waals surface area contributed by atoms with E-state index in [1.807, 2.05) is 63.2 Å². The van der Waals surface area contributed by atoms with E-state index in [2.05, 4.69) is 10.6 Å². The Labute approximate surface area is 197 Å². The molecule has 0 spiro atoms. The van der Waals surface area contributed by atoms with Crippen molar-refractivity contribution in [1.82, 2.24) is 0 Å².